The molecular formula is C12H19N3S. The van der Waals surface area contributed by atoms with Crippen LogP contribution in [0, 0.1) is 23.2 Å². The molecule has 2 aliphatic rings. The number of thiocarbonyl (C=S) groups is 1. The molecule has 2 fully saturated rings. The zero-order valence-electron chi connectivity index (χ0n) is 9.78. The smallest absolute Gasteiger partial charge is 0.168 e. The van der Waals surface area contributed by atoms with E-state index in [1.807, 2.05) is 11.9 Å². The van der Waals surface area contributed by atoms with Gasteiger partial charge in [-0.3, -0.25) is 0 Å². The quantitative estimate of drug-likeness (QED) is 0.761. The molecule has 2 rings (SSSR count). The molecule has 2 saturated carbocycles. The van der Waals surface area contributed by atoms with Gasteiger partial charge in [0.15, 0.2) is 5.11 Å². The summed E-state index contributed by atoms with van der Waals surface area (Å²) in [5.74, 6) is 1.78. The Morgan fingerprint density at radius 1 is 1.50 bits per heavy atom. The second-order valence-corrected chi connectivity index (χ2v) is 5.45. The largest absolute Gasteiger partial charge is 0.360 e. The van der Waals surface area contributed by atoms with Gasteiger partial charge in [-0.25, -0.2) is 0 Å². The van der Waals surface area contributed by atoms with Gasteiger partial charge in [-0.05, 0) is 43.3 Å². The number of rotatable bonds is 3. The first-order valence-electron chi connectivity index (χ1n) is 6.09. The van der Waals surface area contributed by atoms with Gasteiger partial charge in [-0.15, -0.1) is 0 Å². The van der Waals surface area contributed by atoms with Crippen molar-refractivity contribution < 1.29 is 0 Å². The lowest BCUT2D eigenvalue weighted by atomic mass is 9.95. The molecule has 0 saturated heterocycles. The van der Waals surface area contributed by atoms with Crippen molar-refractivity contribution in [3.63, 3.8) is 0 Å². The van der Waals surface area contributed by atoms with Gasteiger partial charge in [0.1, 0.15) is 0 Å². The second kappa shape index (κ2) is 5.01. The summed E-state index contributed by atoms with van der Waals surface area (Å²) < 4.78 is 0. The fourth-order valence-corrected chi connectivity index (χ4v) is 3.25. The van der Waals surface area contributed by atoms with E-state index in [0.29, 0.717) is 12.5 Å². The molecule has 0 heterocycles. The molecule has 0 aromatic heterocycles. The van der Waals surface area contributed by atoms with Gasteiger partial charge in [-0.1, -0.05) is 6.42 Å². The molecule has 0 spiro atoms. The van der Waals surface area contributed by atoms with Crippen LogP contribution in [0.2, 0.25) is 0 Å². The number of fused-ring (bicyclic) bond motifs is 2. The van der Waals surface area contributed by atoms with Crippen LogP contribution in [0.5, 0.6) is 0 Å². The molecule has 2 bridgehead atoms. The third kappa shape index (κ3) is 2.46. The molecule has 0 unspecified atom stereocenters. The van der Waals surface area contributed by atoms with Gasteiger partial charge >= 0.3 is 0 Å². The van der Waals surface area contributed by atoms with Crippen molar-refractivity contribution in [3.8, 4) is 6.07 Å². The van der Waals surface area contributed by atoms with Crippen molar-refractivity contribution in [2.75, 3.05) is 13.6 Å². The Kier molecular flexibility index (Phi) is 3.65. The van der Waals surface area contributed by atoms with Crippen molar-refractivity contribution >= 4 is 17.3 Å². The average molecular weight is 237 g/mol. The standard InChI is InChI=1S/C12H19N3S/c1-15(6-2-5-13)12(16)14-11-8-9-3-4-10(11)7-9/h9-11H,2-4,6-8H2,1H3,(H,14,16)/t9-,10+,11-/m1/s1. The van der Waals surface area contributed by atoms with Crippen LogP contribution in [0.1, 0.15) is 32.1 Å². The molecule has 0 amide bonds. The number of nitrogens with zero attached hydrogens (tertiary/aromatic N) is 2. The minimum Gasteiger partial charge on any atom is -0.360 e. The zero-order chi connectivity index (χ0) is 11.5. The summed E-state index contributed by atoms with van der Waals surface area (Å²) >= 11 is 5.35. The van der Waals surface area contributed by atoms with Crippen molar-refractivity contribution in [2.45, 2.75) is 38.1 Å². The normalized spacial score (nSPS) is 31.1. The lowest BCUT2D eigenvalue weighted by molar-refractivity contribution is 0.375. The first kappa shape index (κ1) is 11.7. The van der Waals surface area contributed by atoms with Gasteiger partial charge in [0, 0.05) is 19.6 Å². The highest BCUT2D eigenvalue weighted by Crippen LogP contribution is 2.44. The van der Waals surface area contributed by atoms with Crippen LogP contribution >= 0.6 is 12.2 Å². The van der Waals surface area contributed by atoms with Crippen molar-refractivity contribution in [3.05, 3.63) is 0 Å². The van der Waals surface area contributed by atoms with Crippen LogP contribution in [-0.2, 0) is 0 Å². The highest BCUT2D eigenvalue weighted by atomic mass is 32.1. The van der Waals surface area contributed by atoms with Crippen LogP contribution in [-0.4, -0.2) is 29.6 Å². The third-order valence-electron chi connectivity index (χ3n) is 3.95. The number of hydrogen-bond acceptors (Lipinski definition) is 2. The SMILES string of the molecule is CN(CCC#N)C(=S)N[C@@H]1C[C@@H]2CC[C@H]1C2. The Morgan fingerprint density at radius 2 is 2.31 bits per heavy atom. The number of nitrogens with one attached hydrogen (secondary N) is 1. The van der Waals surface area contributed by atoms with Gasteiger partial charge in [0.25, 0.3) is 0 Å². The first-order valence-corrected chi connectivity index (χ1v) is 6.50. The maximum absolute atomic E-state index is 8.53. The molecular weight excluding hydrogens is 218 g/mol. The molecule has 0 aliphatic heterocycles. The molecule has 16 heavy (non-hydrogen) atoms. The van der Waals surface area contributed by atoms with Crippen LogP contribution in [0.25, 0.3) is 0 Å². The summed E-state index contributed by atoms with van der Waals surface area (Å²) in [7, 11) is 1.96. The Morgan fingerprint density at radius 3 is 2.88 bits per heavy atom. The van der Waals surface area contributed by atoms with E-state index in [0.717, 1.165) is 23.5 Å². The molecule has 0 radical (unpaired) electrons. The van der Waals surface area contributed by atoms with Crippen molar-refractivity contribution in [1.29, 1.82) is 5.26 Å². The Hall–Kier alpha value is -0.820. The van der Waals surface area contributed by atoms with E-state index in [2.05, 4.69) is 11.4 Å². The monoisotopic (exact) mass is 237 g/mol. The minimum atomic E-state index is 0.537. The van der Waals surface area contributed by atoms with E-state index < -0.39 is 0 Å². The Bertz CT molecular complexity index is 310. The van der Waals surface area contributed by atoms with Crippen LogP contribution in [0.4, 0.5) is 0 Å². The molecule has 3 nitrogen and oxygen atoms in total. The fourth-order valence-electron chi connectivity index (χ4n) is 3.01. The molecule has 2 aliphatic carbocycles. The maximum Gasteiger partial charge on any atom is 0.168 e. The summed E-state index contributed by atoms with van der Waals surface area (Å²) in [6, 6.07) is 2.74. The Labute approximate surface area is 103 Å². The molecule has 0 aromatic rings. The maximum atomic E-state index is 8.53. The summed E-state index contributed by atoms with van der Waals surface area (Å²) in [6.45, 7) is 0.725. The average Bonchev–Trinajstić information content (AvgIpc) is 2.87. The minimum absolute atomic E-state index is 0.537. The lowest BCUT2D eigenvalue weighted by Crippen LogP contribution is -2.45. The van der Waals surface area contributed by atoms with E-state index in [9.17, 15) is 0 Å². The summed E-state index contributed by atoms with van der Waals surface area (Å²) in [4.78, 5) is 1.98. The third-order valence-corrected chi connectivity index (χ3v) is 4.38. The van der Waals surface area contributed by atoms with E-state index in [4.69, 9.17) is 17.5 Å². The number of hydrogen-bond donors (Lipinski definition) is 1. The zero-order valence-corrected chi connectivity index (χ0v) is 10.6. The van der Waals surface area contributed by atoms with Gasteiger partial charge < -0.3 is 10.2 Å². The van der Waals surface area contributed by atoms with E-state index in [-0.39, 0.29) is 0 Å². The van der Waals surface area contributed by atoms with Crippen LogP contribution in [0.3, 0.4) is 0 Å². The molecule has 88 valence electrons. The molecule has 1 N–H and O–H groups in total. The topological polar surface area (TPSA) is 39.1 Å². The highest BCUT2D eigenvalue weighted by molar-refractivity contribution is 7.80. The summed E-state index contributed by atoms with van der Waals surface area (Å²) in [5.41, 5.74) is 0. The number of nitriles is 1. The Balaban J connectivity index is 1.77. The summed E-state index contributed by atoms with van der Waals surface area (Å²) in [5, 5.41) is 12.8. The predicted octanol–water partition coefficient (Wildman–Crippen LogP) is 1.89. The van der Waals surface area contributed by atoms with Crippen LogP contribution in [0.15, 0.2) is 0 Å². The highest BCUT2D eigenvalue weighted by Gasteiger charge is 2.39. The van der Waals surface area contributed by atoms with E-state index >= 15 is 0 Å². The first-order chi connectivity index (χ1) is 7.70. The molecule has 3 atom stereocenters. The van der Waals surface area contributed by atoms with E-state index in [1.165, 1.54) is 25.7 Å². The second-order valence-electron chi connectivity index (χ2n) is 5.06. The van der Waals surface area contributed by atoms with Crippen molar-refractivity contribution in [2.24, 2.45) is 11.8 Å². The fraction of sp³-hybridized carbons (Fsp3) is 0.833. The van der Waals surface area contributed by atoms with Crippen molar-refractivity contribution in [1.82, 2.24) is 10.2 Å². The molecule has 0 aromatic carbocycles. The van der Waals surface area contributed by atoms with Gasteiger partial charge in [0.05, 0.1) is 12.5 Å². The van der Waals surface area contributed by atoms with E-state index in [1.54, 1.807) is 0 Å². The molecule has 4 heteroatoms. The lowest BCUT2D eigenvalue weighted by Gasteiger charge is -2.28. The van der Waals surface area contributed by atoms with Gasteiger partial charge in [-0.2, -0.15) is 5.26 Å². The van der Waals surface area contributed by atoms with Crippen LogP contribution < -0.4 is 5.32 Å². The van der Waals surface area contributed by atoms with Gasteiger partial charge in [0.2, 0.25) is 0 Å². The predicted molar refractivity (Wildman–Crippen MR) is 67.8 cm³/mol. The summed E-state index contributed by atoms with van der Waals surface area (Å²) in [6.07, 6.45) is 6.00.